The molecule has 35 heavy (non-hydrogen) atoms. The Hall–Kier alpha value is -3.65. The molecular formula is C26H27ClFN5O2. The number of hydrogen-bond acceptors (Lipinski definition) is 5. The predicted octanol–water partition coefficient (Wildman–Crippen LogP) is 5.66. The normalized spacial score (nSPS) is 14.6. The number of aromatic nitrogens is 1. The average Bonchev–Trinajstić information content (AvgIpc) is 2.84. The summed E-state index contributed by atoms with van der Waals surface area (Å²) in [7, 11) is 1.59. The number of rotatable bonds is 8. The van der Waals surface area contributed by atoms with E-state index in [2.05, 4.69) is 19.9 Å². The minimum atomic E-state index is -0.460. The number of guanidine groups is 1. The third kappa shape index (κ3) is 6.70. The van der Waals surface area contributed by atoms with Gasteiger partial charge < -0.3 is 19.3 Å². The molecule has 4 rings (SSSR count). The molecule has 1 aliphatic heterocycles. The molecule has 0 atom stereocenters. The number of hydrogen-bond donors (Lipinski definition) is 0. The summed E-state index contributed by atoms with van der Waals surface area (Å²) in [5, 5.41) is 0.673. The highest BCUT2D eigenvalue weighted by atomic mass is 35.5. The van der Waals surface area contributed by atoms with Gasteiger partial charge in [0, 0.05) is 36.4 Å². The third-order valence-electron chi connectivity index (χ3n) is 5.16. The van der Waals surface area contributed by atoms with E-state index < -0.39 is 5.82 Å². The summed E-state index contributed by atoms with van der Waals surface area (Å²) >= 11 is 6.05. The van der Waals surface area contributed by atoms with Gasteiger partial charge in [0.2, 0.25) is 11.8 Å². The van der Waals surface area contributed by atoms with Gasteiger partial charge in [-0.15, -0.1) is 0 Å². The lowest BCUT2D eigenvalue weighted by Crippen LogP contribution is -2.43. The second-order valence-corrected chi connectivity index (χ2v) is 8.80. The Morgan fingerprint density at radius 3 is 2.49 bits per heavy atom. The topological polar surface area (TPSA) is 62.6 Å². The second-order valence-electron chi connectivity index (χ2n) is 8.36. The molecule has 7 nitrogen and oxygen atoms in total. The lowest BCUT2D eigenvalue weighted by Gasteiger charge is -2.33. The van der Waals surface area contributed by atoms with Gasteiger partial charge in [-0.3, -0.25) is 0 Å². The molecule has 0 N–H and O–H groups in total. The summed E-state index contributed by atoms with van der Waals surface area (Å²) in [4.78, 5) is 17.6. The van der Waals surface area contributed by atoms with E-state index in [0.29, 0.717) is 42.3 Å². The standard InChI is InChI=1S/C26H27ClFN5O2/c1-18(2)35-24-10-9-22(12-23(24)28)31-26-30-16-32(14-20-6-11-25(34-3)29-13-20)17-33(26)15-19-4-7-21(27)8-5-19/h4-13,16,18H,14-15,17H2,1-3H3. The molecule has 0 spiro atoms. The van der Waals surface area contributed by atoms with Crippen molar-refractivity contribution in [1.29, 1.82) is 0 Å². The van der Waals surface area contributed by atoms with E-state index in [1.165, 1.54) is 6.07 Å². The van der Waals surface area contributed by atoms with Crippen LogP contribution in [0, 0.1) is 5.82 Å². The smallest absolute Gasteiger partial charge is 0.229 e. The number of pyridine rings is 1. The monoisotopic (exact) mass is 495 g/mol. The van der Waals surface area contributed by atoms with E-state index in [9.17, 15) is 4.39 Å². The molecule has 9 heteroatoms. The Kier molecular flexibility index (Phi) is 7.82. The average molecular weight is 496 g/mol. The Labute approximate surface area is 209 Å². The van der Waals surface area contributed by atoms with Crippen LogP contribution in [0.25, 0.3) is 0 Å². The molecule has 2 aromatic carbocycles. The first-order valence-electron chi connectivity index (χ1n) is 11.2. The summed E-state index contributed by atoms with van der Waals surface area (Å²) in [6.07, 6.45) is 3.41. The molecule has 0 saturated heterocycles. The first kappa shape index (κ1) is 24.5. The summed E-state index contributed by atoms with van der Waals surface area (Å²) < 4.78 is 25.2. The molecule has 182 valence electrons. The van der Waals surface area contributed by atoms with E-state index in [4.69, 9.17) is 21.1 Å². The fraction of sp³-hybridized carbons (Fsp3) is 0.269. The van der Waals surface area contributed by atoms with Gasteiger partial charge in [0.1, 0.15) is 0 Å². The van der Waals surface area contributed by atoms with Crippen LogP contribution in [0.15, 0.2) is 70.8 Å². The van der Waals surface area contributed by atoms with E-state index in [-0.39, 0.29) is 11.9 Å². The minimum Gasteiger partial charge on any atom is -0.488 e. The maximum absolute atomic E-state index is 14.5. The molecule has 0 fully saturated rings. The molecule has 1 aromatic heterocycles. The van der Waals surface area contributed by atoms with Crippen LogP contribution in [0.5, 0.6) is 11.6 Å². The molecule has 0 amide bonds. The van der Waals surface area contributed by atoms with Crippen LogP contribution in [0.3, 0.4) is 0 Å². The summed E-state index contributed by atoms with van der Waals surface area (Å²) in [6.45, 7) is 5.41. The molecule has 0 unspecified atom stereocenters. The molecule has 3 aromatic rings. The van der Waals surface area contributed by atoms with Crippen molar-refractivity contribution in [2.24, 2.45) is 9.98 Å². The van der Waals surface area contributed by atoms with Gasteiger partial charge in [-0.05, 0) is 49.2 Å². The van der Waals surface area contributed by atoms with Gasteiger partial charge >= 0.3 is 0 Å². The zero-order chi connectivity index (χ0) is 24.8. The van der Waals surface area contributed by atoms with Crippen molar-refractivity contribution in [3.63, 3.8) is 0 Å². The molecule has 0 bridgehead atoms. The number of aliphatic imine (C=N–C) groups is 2. The molecule has 1 aliphatic rings. The third-order valence-corrected chi connectivity index (χ3v) is 5.41. The maximum atomic E-state index is 14.5. The molecule has 0 radical (unpaired) electrons. The number of nitrogens with zero attached hydrogens (tertiary/aromatic N) is 5. The molecule has 0 saturated carbocycles. The second kappa shape index (κ2) is 11.2. The van der Waals surface area contributed by atoms with Crippen LogP contribution < -0.4 is 9.47 Å². The van der Waals surface area contributed by atoms with Crippen LogP contribution >= 0.6 is 11.6 Å². The van der Waals surface area contributed by atoms with Gasteiger partial charge in [0.25, 0.3) is 0 Å². The Bertz CT molecular complexity index is 1200. The van der Waals surface area contributed by atoms with E-state index in [1.807, 2.05) is 55.1 Å². The van der Waals surface area contributed by atoms with E-state index in [1.54, 1.807) is 31.8 Å². The van der Waals surface area contributed by atoms with Crippen LogP contribution in [0.2, 0.25) is 5.02 Å². The van der Waals surface area contributed by atoms with Crippen molar-refractivity contribution < 1.29 is 13.9 Å². The fourth-order valence-electron chi connectivity index (χ4n) is 3.54. The van der Waals surface area contributed by atoms with Gasteiger partial charge in [-0.25, -0.2) is 19.4 Å². The van der Waals surface area contributed by atoms with Crippen molar-refractivity contribution in [3.05, 3.63) is 82.8 Å². The zero-order valence-corrected chi connectivity index (χ0v) is 20.6. The van der Waals surface area contributed by atoms with Crippen LogP contribution in [0.4, 0.5) is 10.1 Å². The number of halogens is 2. The van der Waals surface area contributed by atoms with Crippen LogP contribution in [-0.2, 0) is 13.1 Å². The summed E-state index contributed by atoms with van der Waals surface area (Å²) in [6, 6.07) is 16.1. The number of methoxy groups -OCH3 is 1. The molecule has 0 aliphatic carbocycles. The lowest BCUT2D eigenvalue weighted by molar-refractivity contribution is 0.231. The van der Waals surface area contributed by atoms with Gasteiger partial charge in [-0.2, -0.15) is 0 Å². The minimum absolute atomic E-state index is 0.119. The molecular weight excluding hydrogens is 469 g/mol. The van der Waals surface area contributed by atoms with E-state index >= 15 is 0 Å². The van der Waals surface area contributed by atoms with Gasteiger partial charge in [0.15, 0.2) is 11.6 Å². The predicted molar refractivity (Wildman–Crippen MR) is 136 cm³/mol. The lowest BCUT2D eigenvalue weighted by atomic mass is 10.2. The Balaban J connectivity index is 1.58. The quantitative estimate of drug-likeness (QED) is 0.403. The van der Waals surface area contributed by atoms with Gasteiger partial charge in [0.05, 0.1) is 31.9 Å². The number of ether oxygens (including phenoxy) is 2. The molecule has 2 heterocycles. The fourth-order valence-corrected chi connectivity index (χ4v) is 3.67. The van der Waals surface area contributed by atoms with Crippen molar-refractivity contribution in [3.8, 4) is 11.6 Å². The maximum Gasteiger partial charge on any atom is 0.229 e. The zero-order valence-electron chi connectivity index (χ0n) is 19.9. The highest BCUT2D eigenvalue weighted by molar-refractivity contribution is 6.30. The summed E-state index contributed by atoms with van der Waals surface area (Å²) in [5.41, 5.74) is 2.53. The Morgan fingerprint density at radius 1 is 1.06 bits per heavy atom. The first-order valence-corrected chi connectivity index (χ1v) is 11.6. The number of benzene rings is 2. The van der Waals surface area contributed by atoms with Crippen LogP contribution in [-0.4, -0.2) is 47.0 Å². The van der Waals surface area contributed by atoms with E-state index in [0.717, 1.165) is 11.1 Å². The largest absolute Gasteiger partial charge is 0.488 e. The highest BCUT2D eigenvalue weighted by Gasteiger charge is 2.20. The summed E-state index contributed by atoms with van der Waals surface area (Å²) in [5.74, 6) is 0.796. The van der Waals surface area contributed by atoms with Crippen molar-refractivity contribution in [1.82, 2.24) is 14.8 Å². The Morgan fingerprint density at radius 2 is 1.83 bits per heavy atom. The SMILES string of the molecule is COc1ccc(CN2C=NC(=Nc3ccc(OC(C)C)c(F)c3)N(Cc3ccc(Cl)cc3)C2)cn1. The van der Waals surface area contributed by atoms with Gasteiger partial charge in [-0.1, -0.05) is 29.8 Å². The van der Waals surface area contributed by atoms with Crippen molar-refractivity contribution >= 4 is 29.6 Å². The first-order chi connectivity index (χ1) is 16.9. The van der Waals surface area contributed by atoms with Crippen molar-refractivity contribution in [2.45, 2.75) is 33.0 Å². The van der Waals surface area contributed by atoms with Crippen LogP contribution in [0.1, 0.15) is 25.0 Å². The highest BCUT2D eigenvalue weighted by Crippen LogP contribution is 2.25. The van der Waals surface area contributed by atoms with Crippen molar-refractivity contribution in [2.75, 3.05) is 13.8 Å².